The van der Waals surface area contributed by atoms with Crippen molar-refractivity contribution in [2.45, 2.75) is 11.4 Å². The summed E-state index contributed by atoms with van der Waals surface area (Å²) < 4.78 is 0. The number of hydrogen-bond donors (Lipinski definition) is 5. The SMILES string of the molecule is N[C@@H](CO)C(=O)NCC1=C(C(=O)O)N2C(=O)[C@H](CO)[C@H]2S1. The van der Waals surface area contributed by atoms with Gasteiger partial charge in [-0.05, 0) is 0 Å². The Morgan fingerprint density at radius 2 is 2.10 bits per heavy atom. The number of fused-ring (bicyclic) bond motifs is 1. The van der Waals surface area contributed by atoms with Crippen LogP contribution in [0.2, 0.25) is 0 Å². The topological polar surface area (TPSA) is 153 Å². The van der Waals surface area contributed by atoms with Gasteiger partial charge >= 0.3 is 5.97 Å². The van der Waals surface area contributed by atoms with Crippen LogP contribution in [-0.2, 0) is 14.4 Å². The molecule has 2 rings (SSSR count). The van der Waals surface area contributed by atoms with Crippen LogP contribution >= 0.6 is 11.8 Å². The number of thioether (sulfide) groups is 1. The molecule has 0 aliphatic carbocycles. The van der Waals surface area contributed by atoms with E-state index in [1.165, 1.54) is 0 Å². The Labute approximate surface area is 123 Å². The van der Waals surface area contributed by atoms with Gasteiger partial charge in [-0.15, -0.1) is 0 Å². The molecule has 21 heavy (non-hydrogen) atoms. The number of rotatable bonds is 6. The lowest BCUT2D eigenvalue weighted by Crippen LogP contribution is -2.58. The van der Waals surface area contributed by atoms with Crippen LogP contribution in [0.5, 0.6) is 0 Å². The number of amides is 2. The molecule has 3 atom stereocenters. The third-order valence-electron chi connectivity index (χ3n) is 3.28. The number of aliphatic carboxylic acids is 1. The molecule has 2 aliphatic heterocycles. The first kappa shape index (κ1) is 15.8. The highest BCUT2D eigenvalue weighted by Gasteiger charge is 2.55. The number of β-lactam (4-membered cyclic amide) rings is 1. The molecule has 2 amide bonds. The normalized spacial score (nSPS) is 25.5. The molecule has 1 fully saturated rings. The Kier molecular flexibility index (Phi) is 4.52. The van der Waals surface area contributed by atoms with E-state index >= 15 is 0 Å². The highest BCUT2D eigenvalue weighted by Crippen LogP contribution is 2.48. The Hall–Kier alpha value is -1.62. The third kappa shape index (κ3) is 2.62. The van der Waals surface area contributed by atoms with Gasteiger partial charge in [0.15, 0.2) is 0 Å². The predicted molar refractivity (Wildman–Crippen MR) is 71.5 cm³/mol. The molecule has 0 radical (unpaired) electrons. The molecule has 0 aromatic rings. The molecule has 9 nitrogen and oxygen atoms in total. The second-order valence-corrected chi connectivity index (χ2v) is 5.80. The molecule has 2 aliphatic rings. The summed E-state index contributed by atoms with van der Waals surface area (Å²) in [5.41, 5.74) is 5.15. The summed E-state index contributed by atoms with van der Waals surface area (Å²) in [7, 11) is 0. The third-order valence-corrected chi connectivity index (χ3v) is 4.68. The maximum Gasteiger partial charge on any atom is 0.353 e. The average Bonchev–Trinajstić information content (AvgIpc) is 2.79. The molecule has 0 bridgehead atoms. The Bertz CT molecular complexity index is 522. The second-order valence-electron chi connectivity index (χ2n) is 4.59. The van der Waals surface area contributed by atoms with Gasteiger partial charge in [-0.1, -0.05) is 11.8 Å². The molecule has 1 saturated heterocycles. The molecule has 0 aromatic carbocycles. The van der Waals surface area contributed by atoms with Gasteiger partial charge in [0.25, 0.3) is 0 Å². The molecular formula is C11H15N3O6S. The van der Waals surface area contributed by atoms with E-state index in [2.05, 4.69) is 5.32 Å². The molecule has 10 heteroatoms. The minimum Gasteiger partial charge on any atom is -0.477 e. The van der Waals surface area contributed by atoms with Crippen LogP contribution in [-0.4, -0.2) is 69.2 Å². The summed E-state index contributed by atoms with van der Waals surface area (Å²) >= 11 is 1.12. The van der Waals surface area contributed by atoms with E-state index in [4.69, 9.17) is 15.9 Å². The van der Waals surface area contributed by atoms with Gasteiger partial charge in [0, 0.05) is 4.91 Å². The second kappa shape index (κ2) is 6.02. The number of carbonyl (C=O) groups is 3. The smallest absolute Gasteiger partial charge is 0.353 e. The number of carboxylic acids is 1. The molecule has 2 heterocycles. The fourth-order valence-electron chi connectivity index (χ4n) is 2.13. The number of hydrogen-bond acceptors (Lipinski definition) is 7. The van der Waals surface area contributed by atoms with E-state index in [0.717, 1.165) is 16.7 Å². The lowest BCUT2D eigenvalue weighted by molar-refractivity contribution is -0.153. The van der Waals surface area contributed by atoms with Crippen molar-refractivity contribution in [3.05, 3.63) is 10.6 Å². The highest BCUT2D eigenvalue weighted by atomic mass is 32.2. The van der Waals surface area contributed by atoms with Gasteiger partial charge in [0.05, 0.1) is 25.7 Å². The summed E-state index contributed by atoms with van der Waals surface area (Å²) in [5, 5.41) is 29.0. The van der Waals surface area contributed by atoms with Crippen LogP contribution in [0.4, 0.5) is 0 Å². The lowest BCUT2D eigenvalue weighted by atomic mass is 9.98. The number of nitrogens with one attached hydrogen (secondary N) is 1. The molecule has 0 spiro atoms. The summed E-state index contributed by atoms with van der Waals surface area (Å²) in [5.74, 6) is -2.96. The molecule has 0 saturated carbocycles. The quantitative estimate of drug-likeness (QED) is 0.330. The zero-order valence-electron chi connectivity index (χ0n) is 10.9. The van der Waals surface area contributed by atoms with Crippen molar-refractivity contribution in [1.29, 1.82) is 0 Å². The van der Waals surface area contributed by atoms with E-state index in [0.29, 0.717) is 4.91 Å². The van der Waals surface area contributed by atoms with Crippen molar-refractivity contribution in [3.8, 4) is 0 Å². The van der Waals surface area contributed by atoms with E-state index in [-0.39, 0.29) is 18.8 Å². The van der Waals surface area contributed by atoms with Crippen molar-refractivity contribution in [2.24, 2.45) is 11.7 Å². The fraction of sp³-hybridized carbons (Fsp3) is 0.545. The fourth-order valence-corrected chi connectivity index (χ4v) is 3.56. The summed E-state index contributed by atoms with van der Waals surface area (Å²) in [6.45, 7) is -0.976. The Morgan fingerprint density at radius 1 is 1.43 bits per heavy atom. The number of nitrogens with zero attached hydrogens (tertiary/aromatic N) is 1. The largest absolute Gasteiger partial charge is 0.477 e. The zero-order valence-corrected chi connectivity index (χ0v) is 11.7. The zero-order chi connectivity index (χ0) is 15.7. The highest BCUT2D eigenvalue weighted by molar-refractivity contribution is 8.04. The van der Waals surface area contributed by atoms with E-state index in [1.54, 1.807) is 0 Å². The van der Waals surface area contributed by atoms with Crippen LogP contribution in [0.25, 0.3) is 0 Å². The van der Waals surface area contributed by atoms with Gasteiger partial charge in [0.2, 0.25) is 11.8 Å². The van der Waals surface area contributed by atoms with E-state index < -0.39 is 41.7 Å². The minimum absolute atomic E-state index is 0.0999. The molecule has 116 valence electrons. The molecular weight excluding hydrogens is 302 g/mol. The summed E-state index contributed by atoms with van der Waals surface area (Å²) in [4.78, 5) is 35.9. The van der Waals surface area contributed by atoms with Crippen LogP contribution in [0, 0.1) is 5.92 Å². The van der Waals surface area contributed by atoms with Crippen molar-refractivity contribution < 1.29 is 29.7 Å². The number of nitrogens with two attached hydrogens (primary N) is 1. The van der Waals surface area contributed by atoms with Gasteiger partial charge in [0.1, 0.15) is 17.1 Å². The summed E-state index contributed by atoms with van der Waals surface area (Å²) in [6, 6.07) is -1.09. The van der Waals surface area contributed by atoms with Gasteiger partial charge in [-0.25, -0.2) is 4.79 Å². The van der Waals surface area contributed by atoms with Crippen molar-refractivity contribution >= 4 is 29.5 Å². The summed E-state index contributed by atoms with van der Waals surface area (Å²) in [6.07, 6.45) is 0. The van der Waals surface area contributed by atoms with E-state index in [1.807, 2.05) is 0 Å². The average molecular weight is 317 g/mol. The molecule has 0 unspecified atom stereocenters. The number of aliphatic hydroxyl groups excluding tert-OH is 2. The van der Waals surface area contributed by atoms with E-state index in [9.17, 15) is 19.5 Å². The maximum atomic E-state index is 11.7. The van der Waals surface area contributed by atoms with Crippen LogP contribution in [0.3, 0.4) is 0 Å². The number of carboxylic acid groups (broad SMARTS) is 1. The van der Waals surface area contributed by atoms with Crippen LogP contribution in [0.15, 0.2) is 10.6 Å². The monoisotopic (exact) mass is 317 g/mol. The van der Waals surface area contributed by atoms with Gasteiger partial charge in [-0.2, -0.15) is 0 Å². The molecule has 0 aromatic heterocycles. The van der Waals surface area contributed by atoms with Crippen LogP contribution in [0.1, 0.15) is 0 Å². The van der Waals surface area contributed by atoms with Crippen molar-refractivity contribution in [3.63, 3.8) is 0 Å². The first-order valence-corrected chi connectivity index (χ1v) is 7.01. The minimum atomic E-state index is -1.27. The van der Waals surface area contributed by atoms with Crippen molar-refractivity contribution in [1.82, 2.24) is 10.2 Å². The van der Waals surface area contributed by atoms with Crippen LogP contribution < -0.4 is 11.1 Å². The Balaban J connectivity index is 2.10. The maximum absolute atomic E-state index is 11.7. The lowest BCUT2D eigenvalue weighted by Gasteiger charge is -2.41. The van der Waals surface area contributed by atoms with Gasteiger partial charge < -0.3 is 26.4 Å². The standard InChI is InChI=1S/C11H15N3O6S/c12-5(3-16)8(17)13-1-6-7(11(19)20)14-9(18)4(2-15)10(14)21-6/h4-5,10,15-16H,1-3,12H2,(H,13,17)(H,19,20)/t4-,5-,10+/m0/s1. The number of aliphatic hydroxyl groups is 2. The predicted octanol–water partition coefficient (Wildman–Crippen LogP) is -2.76. The first-order valence-electron chi connectivity index (χ1n) is 6.13. The van der Waals surface area contributed by atoms with Crippen molar-refractivity contribution in [2.75, 3.05) is 19.8 Å². The first-order chi connectivity index (χ1) is 9.92. The van der Waals surface area contributed by atoms with Gasteiger partial charge in [-0.3, -0.25) is 14.5 Å². The Morgan fingerprint density at radius 3 is 2.62 bits per heavy atom. The number of carbonyl (C=O) groups excluding carboxylic acids is 2. The molecule has 6 N–H and O–H groups in total.